The van der Waals surface area contributed by atoms with Gasteiger partial charge in [-0.15, -0.1) is 0 Å². The molecule has 0 saturated carbocycles. The Morgan fingerprint density at radius 2 is 1.14 bits per heavy atom. The lowest BCUT2D eigenvalue weighted by atomic mass is 9.89. The first-order valence-electron chi connectivity index (χ1n) is 7.18. The first kappa shape index (κ1) is 14.6. The van der Waals surface area contributed by atoms with Gasteiger partial charge in [0.25, 0.3) is 0 Å². The van der Waals surface area contributed by atoms with E-state index in [0.29, 0.717) is 0 Å². The lowest BCUT2D eigenvalue weighted by Crippen LogP contribution is -2.23. The minimum Gasteiger partial charge on any atom is -0.316 e. The topological polar surface area (TPSA) is 12.0 Å². The average Bonchev–Trinajstić information content (AvgIpc) is 2.52. The summed E-state index contributed by atoms with van der Waals surface area (Å²) in [5.41, 5.74) is 5.26. The predicted octanol–water partition coefficient (Wildman–Crippen LogP) is 5.18. The molecular formula is C18H17Cl2N. The molecule has 1 fully saturated rings. The second kappa shape index (κ2) is 6.65. The highest BCUT2D eigenvalue weighted by Crippen LogP contribution is 2.32. The van der Waals surface area contributed by atoms with Gasteiger partial charge in [0, 0.05) is 10.0 Å². The molecule has 0 aromatic heterocycles. The van der Waals surface area contributed by atoms with Crippen LogP contribution >= 0.6 is 23.2 Å². The molecule has 0 spiro atoms. The van der Waals surface area contributed by atoms with Crippen LogP contribution in [0, 0.1) is 0 Å². The van der Waals surface area contributed by atoms with E-state index in [1.807, 2.05) is 24.3 Å². The molecule has 3 heteroatoms. The first-order chi connectivity index (χ1) is 10.2. The van der Waals surface area contributed by atoms with Crippen LogP contribution in [-0.4, -0.2) is 13.1 Å². The zero-order valence-corrected chi connectivity index (χ0v) is 13.2. The standard InChI is InChI=1S/C18H17Cl2N/c19-16-5-1-13(2-6-16)18(15-9-11-21-12-10-15)14-3-7-17(20)8-4-14/h1-8,21H,9-12H2. The Labute approximate surface area is 135 Å². The fourth-order valence-electron chi connectivity index (χ4n) is 2.79. The SMILES string of the molecule is Clc1ccc(C(=C2CCNCC2)c2ccc(Cl)cc2)cc1. The third kappa shape index (κ3) is 3.49. The maximum atomic E-state index is 6.03. The van der Waals surface area contributed by atoms with Crippen LogP contribution in [0.2, 0.25) is 10.0 Å². The van der Waals surface area contributed by atoms with Crippen LogP contribution in [0.1, 0.15) is 24.0 Å². The minimum absolute atomic E-state index is 0.768. The predicted molar refractivity (Wildman–Crippen MR) is 91.0 cm³/mol. The van der Waals surface area contributed by atoms with Crippen LogP contribution < -0.4 is 5.32 Å². The van der Waals surface area contributed by atoms with Gasteiger partial charge in [0.15, 0.2) is 0 Å². The van der Waals surface area contributed by atoms with Gasteiger partial charge in [0.1, 0.15) is 0 Å². The second-order valence-corrected chi connectivity index (χ2v) is 6.12. The number of hydrogen-bond acceptors (Lipinski definition) is 1. The molecule has 0 unspecified atom stereocenters. The zero-order chi connectivity index (χ0) is 14.7. The summed E-state index contributed by atoms with van der Waals surface area (Å²) >= 11 is 12.1. The van der Waals surface area contributed by atoms with Crippen LogP contribution in [0.3, 0.4) is 0 Å². The Bertz CT molecular complexity index is 586. The number of piperidine rings is 1. The molecule has 0 amide bonds. The number of benzene rings is 2. The number of hydrogen-bond donors (Lipinski definition) is 1. The highest BCUT2D eigenvalue weighted by Gasteiger charge is 2.14. The lowest BCUT2D eigenvalue weighted by molar-refractivity contribution is 0.611. The zero-order valence-electron chi connectivity index (χ0n) is 11.7. The fourth-order valence-corrected chi connectivity index (χ4v) is 3.04. The average molecular weight is 318 g/mol. The molecule has 0 aliphatic carbocycles. The van der Waals surface area contributed by atoms with Gasteiger partial charge in [-0.2, -0.15) is 0 Å². The molecule has 108 valence electrons. The van der Waals surface area contributed by atoms with Gasteiger partial charge in [-0.25, -0.2) is 0 Å². The molecule has 1 N–H and O–H groups in total. The van der Waals surface area contributed by atoms with Crippen molar-refractivity contribution in [3.63, 3.8) is 0 Å². The summed E-state index contributed by atoms with van der Waals surface area (Å²) in [6.07, 6.45) is 2.17. The third-order valence-electron chi connectivity index (χ3n) is 3.83. The molecule has 1 aliphatic heterocycles. The van der Waals surface area contributed by atoms with Crippen molar-refractivity contribution in [3.05, 3.63) is 75.3 Å². The highest BCUT2D eigenvalue weighted by molar-refractivity contribution is 6.31. The van der Waals surface area contributed by atoms with Gasteiger partial charge < -0.3 is 5.32 Å². The molecule has 0 bridgehead atoms. The monoisotopic (exact) mass is 317 g/mol. The van der Waals surface area contributed by atoms with E-state index in [-0.39, 0.29) is 0 Å². The molecule has 2 aromatic carbocycles. The summed E-state index contributed by atoms with van der Waals surface area (Å²) in [6.45, 7) is 2.08. The number of rotatable bonds is 2. The van der Waals surface area contributed by atoms with Crippen LogP contribution in [0.15, 0.2) is 54.1 Å². The minimum atomic E-state index is 0.768. The lowest BCUT2D eigenvalue weighted by Gasteiger charge is -2.21. The molecule has 1 heterocycles. The van der Waals surface area contributed by atoms with Gasteiger partial charge in [0.05, 0.1) is 0 Å². The molecular weight excluding hydrogens is 301 g/mol. The van der Waals surface area contributed by atoms with Crippen LogP contribution in [-0.2, 0) is 0 Å². The van der Waals surface area contributed by atoms with E-state index in [1.165, 1.54) is 22.3 Å². The van der Waals surface area contributed by atoms with Crippen LogP contribution in [0.25, 0.3) is 5.57 Å². The smallest absolute Gasteiger partial charge is 0.0406 e. The van der Waals surface area contributed by atoms with Crippen molar-refractivity contribution in [1.29, 1.82) is 0 Å². The molecule has 1 nitrogen and oxygen atoms in total. The molecule has 0 radical (unpaired) electrons. The summed E-state index contributed by atoms with van der Waals surface area (Å²) < 4.78 is 0. The molecule has 3 rings (SSSR count). The quantitative estimate of drug-likeness (QED) is 0.804. The van der Waals surface area contributed by atoms with Crippen molar-refractivity contribution in [1.82, 2.24) is 5.32 Å². The maximum Gasteiger partial charge on any atom is 0.0406 e. The number of halogens is 2. The van der Waals surface area contributed by atoms with E-state index in [9.17, 15) is 0 Å². The summed E-state index contributed by atoms with van der Waals surface area (Å²) in [7, 11) is 0. The Kier molecular flexibility index (Phi) is 4.64. The van der Waals surface area contributed by atoms with Crippen molar-refractivity contribution in [2.45, 2.75) is 12.8 Å². The molecule has 1 saturated heterocycles. The van der Waals surface area contributed by atoms with Gasteiger partial charge in [-0.05, 0) is 66.9 Å². The highest BCUT2D eigenvalue weighted by atomic mass is 35.5. The van der Waals surface area contributed by atoms with Crippen LogP contribution in [0.5, 0.6) is 0 Å². The maximum absolute atomic E-state index is 6.03. The Morgan fingerprint density at radius 3 is 1.57 bits per heavy atom. The van der Waals surface area contributed by atoms with E-state index in [1.54, 1.807) is 0 Å². The fraction of sp³-hybridized carbons (Fsp3) is 0.222. The van der Waals surface area contributed by atoms with Crippen molar-refractivity contribution >= 4 is 28.8 Å². The third-order valence-corrected chi connectivity index (χ3v) is 4.33. The first-order valence-corrected chi connectivity index (χ1v) is 7.94. The van der Waals surface area contributed by atoms with Crippen molar-refractivity contribution < 1.29 is 0 Å². The van der Waals surface area contributed by atoms with Gasteiger partial charge >= 0.3 is 0 Å². The van der Waals surface area contributed by atoms with Crippen LogP contribution in [0.4, 0.5) is 0 Å². The van der Waals surface area contributed by atoms with Crippen molar-refractivity contribution in [2.24, 2.45) is 0 Å². The summed E-state index contributed by atoms with van der Waals surface area (Å²) in [4.78, 5) is 0. The van der Waals surface area contributed by atoms with E-state index in [2.05, 4.69) is 29.6 Å². The Hall–Kier alpha value is -1.28. The normalized spacial score (nSPS) is 15.0. The Balaban J connectivity index is 2.10. The molecule has 2 aromatic rings. The summed E-state index contributed by atoms with van der Waals surface area (Å²) in [5.74, 6) is 0. The summed E-state index contributed by atoms with van der Waals surface area (Å²) in [6, 6.07) is 16.2. The second-order valence-electron chi connectivity index (χ2n) is 5.24. The van der Waals surface area contributed by atoms with Gasteiger partial charge in [-0.1, -0.05) is 53.0 Å². The molecule has 1 aliphatic rings. The summed E-state index contributed by atoms with van der Waals surface area (Å²) in [5, 5.41) is 4.95. The molecule has 21 heavy (non-hydrogen) atoms. The van der Waals surface area contributed by atoms with Gasteiger partial charge in [-0.3, -0.25) is 0 Å². The van der Waals surface area contributed by atoms with Crippen molar-refractivity contribution in [3.8, 4) is 0 Å². The van der Waals surface area contributed by atoms with E-state index < -0.39 is 0 Å². The van der Waals surface area contributed by atoms with E-state index in [0.717, 1.165) is 36.0 Å². The largest absolute Gasteiger partial charge is 0.316 e. The Morgan fingerprint density at radius 1 is 0.714 bits per heavy atom. The van der Waals surface area contributed by atoms with Gasteiger partial charge in [0.2, 0.25) is 0 Å². The number of nitrogens with one attached hydrogen (secondary N) is 1. The van der Waals surface area contributed by atoms with E-state index >= 15 is 0 Å². The van der Waals surface area contributed by atoms with E-state index in [4.69, 9.17) is 23.2 Å². The van der Waals surface area contributed by atoms with Crippen molar-refractivity contribution in [2.75, 3.05) is 13.1 Å². The molecule has 0 atom stereocenters.